The molecule has 10 aromatic carbocycles. The first-order chi connectivity index (χ1) is 30.3. The van der Waals surface area contributed by atoms with Gasteiger partial charge in [-0.25, -0.2) is 0 Å². The molecule has 0 amide bonds. The van der Waals surface area contributed by atoms with Gasteiger partial charge in [0.25, 0.3) is 0 Å². The number of fused-ring (bicyclic) bond motifs is 7. The molecule has 0 bridgehead atoms. The van der Waals surface area contributed by atoms with E-state index in [0.717, 1.165) is 50.1 Å². The summed E-state index contributed by atoms with van der Waals surface area (Å²) >= 11 is 0. The van der Waals surface area contributed by atoms with Gasteiger partial charge in [0, 0.05) is 33.4 Å². The normalized spacial score (nSPS) is 12.7. The van der Waals surface area contributed by atoms with Crippen molar-refractivity contribution in [1.82, 2.24) is 0 Å². The third kappa shape index (κ3) is 5.50. The smallest absolute Gasteiger partial charge is 0.143 e. The van der Waals surface area contributed by atoms with Crippen molar-refractivity contribution in [2.75, 3.05) is 4.90 Å². The lowest BCUT2D eigenvalue weighted by Crippen LogP contribution is -2.28. The van der Waals surface area contributed by atoms with Gasteiger partial charge in [-0.15, -0.1) is 0 Å². The summed E-state index contributed by atoms with van der Waals surface area (Å²) in [5.41, 5.74) is 16.7. The lowest BCUT2D eigenvalue weighted by molar-refractivity contribution is 0.670. The van der Waals surface area contributed by atoms with Crippen LogP contribution in [0, 0.1) is 0 Å². The maximum Gasteiger partial charge on any atom is 0.143 e. The third-order valence-corrected chi connectivity index (χ3v) is 12.7. The number of benzene rings is 10. The predicted octanol–water partition coefficient (Wildman–Crippen LogP) is 15.9. The molecule has 286 valence electrons. The highest BCUT2D eigenvalue weighted by Gasteiger charge is 2.46. The van der Waals surface area contributed by atoms with Gasteiger partial charge in [0.1, 0.15) is 11.2 Å². The molecule has 11 aromatic rings. The maximum absolute atomic E-state index is 6.86. The molecule has 0 atom stereocenters. The standard InChI is InChI=1S/C59H39NO/c1-5-17-40(18-6-1)41-29-31-46(32-30-41)60(47-34-36-56-52(38-47)53-37-43-21-13-14-26-49(43)57(58(53)61-56)42-19-7-2-8-20-42)48-33-35-51-50-27-15-16-28-54(50)59(55(51)39-48,44-22-9-3-10-23-44)45-24-11-4-12-25-45/h1-39H. The van der Waals surface area contributed by atoms with E-state index in [0.29, 0.717) is 0 Å². The molecule has 0 aliphatic heterocycles. The predicted molar refractivity (Wildman–Crippen MR) is 254 cm³/mol. The van der Waals surface area contributed by atoms with Crippen LogP contribution in [0.5, 0.6) is 0 Å². The van der Waals surface area contributed by atoms with Gasteiger partial charge >= 0.3 is 0 Å². The van der Waals surface area contributed by atoms with Gasteiger partial charge in [-0.2, -0.15) is 0 Å². The van der Waals surface area contributed by atoms with Crippen LogP contribution in [0.4, 0.5) is 17.1 Å². The monoisotopic (exact) mass is 777 g/mol. The van der Waals surface area contributed by atoms with E-state index in [9.17, 15) is 0 Å². The number of hydrogen-bond acceptors (Lipinski definition) is 2. The second-order valence-electron chi connectivity index (χ2n) is 16.0. The minimum atomic E-state index is -0.521. The van der Waals surface area contributed by atoms with E-state index >= 15 is 0 Å². The number of nitrogens with zero attached hydrogens (tertiary/aromatic N) is 1. The first kappa shape index (κ1) is 35.0. The number of anilines is 3. The molecule has 0 N–H and O–H groups in total. The minimum absolute atomic E-state index is 0.521. The maximum atomic E-state index is 6.86. The van der Waals surface area contributed by atoms with Crippen LogP contribution in [-0.4, -0.2) is 0 Å². The van der Waals surface area contributed by atoms with E-state index in [1.54, 1.807) is 0 Å². The molecule has 1 aliphatic rings. The number of furan rings is 1. The van der Waals surface area contributed by atoms with Gasteiger partial charge in [-0.3, -0.25) is 0 Å². The molecule has 1 aromatic heterocycles. The largest absolute Gasteiger partial charge is 0.455 e. The number of hydrogen-bond donors (Lipinski definition) is 0. The Balaban J connectivity index is 1.11. The Morgan fingerprint density at radius 1 is 0.344 bits per heavy atom. The summed E-state index contributed by atoms with van der Waals surface area (Å²) in [5, 5.41) is 4.55. The molecule has 2 nitrogen and oxygen atoms in total. The molecule has 0 saturated heterocycles. The molecule has 12 rings (SSSR count). The van der Waals surface area contributed by atoms with Gasteiger partial charge in [0.05, 0.1) is 5.41 Å². The highest BCUT2D eigenvalue weighted by molar-refractivity contribution is 6.18. The van der Waals surface area contributed by atoms with E-state index in [4.69, 9.17) is 4.42 Å². The van der Waals surface area contributed by atoms with Crippen molar-refractivity contribution in [3.05, 3.63) is 259 Å². The number of rotatable bonds is 7. The van der Waals surface area contributed by atoms with Gasteiger partial charge < -0.3 is 9.32 Å². The topological polar surface area (TPSA) is 16.4 Å². The van der Waals surface area contributed by atoms with E-state index in [1.807, 2.05) is 0 Å². The van der Waals surface area contributed by atoms with Gasteiger partial charge in [-0.05, 0) is 109 Å². The average molecular weight is 778 g/mol. The fraction of sp³-hybridized carbons (Fsp3) is 0.0169. The minimum Gasteiger partial charge on any atom is -0.455 e. The van der Waals surface area contributed by atoms with Gasteiger partial charge in [-0.1, -0.05) is 188 Å². The zero-order chi connectivity index (χ0) is 40.3. The van der Waals surface area contributed by atoms with Crippen LogP contribution < -0.4 is 4.90 Å². The molecule has 1 aliphatic carbocycles. The van der Waals surface area contributed by atoms with Crippen molar-refractivity contribution in [2.45, 2.75) is 5.41 Å². The second-order valence-corrected chi connectivity index (χ2v) is 16.0. The van der Waals surface area contributed by atoms with Crippen molar-refractivity contribution in [3.8, 4) is 33.4 Å². The fourth-order valence-corrected chi connectivity index (χ4v) is 10.0. The molecule has 61 heavy (non-hydrogen) atoms. The van der Waals surface area contributed by atoms with Crippen LogP contribution in [-0.2, 0) is 5.41 Å². The lowest BCUT2D eigenvalue weighted by Gasteiger charge is -2.35. The summed E-state index contributed by atoms with van der Waals surface area (Å²) in [6.45, 7) is 0. The summed E-state index contributed by atoms with van der Waals surface area (Å²) in [5.74, 6) is 0. The average Bonchev–Trinajstić information content (AvgIpc) is 3.85. The molecule has 0 spiro atoms. The van der Waals surface area contributed by atoms with Gasteiger partial charge in [0.2, 0.25) is 0 Å². The van der Waals surface area contributed by atoms with Crippen LogP contribution >= 0.6 is 0 Å². The molecule has 2 heteroatoms. The summed E-state index contributed by atoms with van der Waals surface area (Å²) in [6.07, 6.45) is 0. The Kier molecular flexibility index (Phi) is 8.11. The Labute approximate surface area is 355 Å². The van der Waals surface area contributed by atoms with E-state index in [-0.39, 0.29) is 0 Å². The first-order valence-electron chi connectivity index (χ1n) is 21.0. The van der Waals surface area contributed by atoms with Crippen molar-refractivity contribution in [1.29, 1.82) is 0 Å². The lowest BCUT2D eigenvalue weighted by atomic mass is 9.67. The molecular formula is C59H39NO. The summed E-state index contributed by atoms with van der Waals surface area (Å²) in [4.78, 5) is 2.41. The summed E-state index contributed by atoms with van der Waals surface area (Å²) in [7, 11) is 0. The van der Waals surface area contributed by atoms with Gasteiger partial charge in [0.15, 0.2) is 0 Å². The first-order valence-corrected chi connectivity index (χ1v) is 21.0. The Bertz CT molecular complexity index is 3350. The molecule has 0 fully saturated rings. The van der Waals surface area contributed by atoms with E-state index in [1.165, 1.54) is 55.3 Å². The highest BCUT2D eigenvalue weighted by Crippen LogP contribution is 2.57. The van der Waals surface area contributed by atoms with Crippen molar-refractivity contribution < 1.29 is 4.42 Å². The van der Waals surface area contributed by atoms with E-state index in [2.05, 4.69) is 241 Å². The third-order valence-electron chi connectivity index (χ3n) is 12.7. The van der Waals surface area contributed by atoms with Crippen LogP contribution in [0.3, 0.4) is 0 Å². The highest BCUT2D eigenvalue weighted by atomic mass is 16.3. The SMILES string of the molecule is c1ccc(-c2ccc(N(c3ccc4c(c3)C(c3ccccc3)(c3ccccc3)c3ccccc3-4)c3ccc4oc5c(-c6ccccc6)c6ccccc6cc5c4c3)cc2)cc1. The zero-order valence-corrected chi connectivity index (χ0v) is 33.4. The van der Waals surface area contributed by atoms with Crippen LogP contribution in [0.25, 0.3) is 66.1 Å². The van der Waals surface area contributed by atoms with Crippen molar-refractivity contribution in [3.63, 3.8) is 0 Å². The fourth-order valence-electron chi connectivity index (χ4n) is 10.0. The second kappa shape index (κ2) is 14.1. The van der Waals surface area contributed by atoms with E-state index < -0.39 is 5.41 Å². The summed E-state index contributed by atoms with van der Waals surface area (Å²) in [6, 6.07) is 85.9. The Morgan fingerprint density at radius 3 is 1.61 bits per heavy atom. The molecular weight excluding hydrogens is 739 g/mol. The zero-order valence-electron chi connectivity index (χ0n) is 33.4. The van der Waals surface area contributed by atoms with Crippen LogP contribution in [0.2, 0.25) is 0 Å². The Morgan fingerprint density at radius 2 is 0.885 bits per heavy atom. The molecule has 0 saturated carbocycles. The van der Waals surface area contributed by atoms with Crippen molar-refractivity contribution >= 4 is 49.8 Å². The molecule has 1 heterocycles. The Hall–Kier alpha value is -7.94. The quantitative estimate of drug-likeness (QED) is 0.160. The molecule has 0 unspecified atom stereocenters. The van der Waals surface area contributed by atoms with Crippen LogP contribution in [0.15, 0.2) is 241 Å². The summed E-state index contributed by atoms with van der Waals surface area (Å²) < 4.78 is 6.86. The van der Waals surface area contributed by atoms with Crippen LogP contribution in [0.1, 0.15) is 22.3 Å². The van der Waals surface area contributed by atoms with Crippen molar-refractivity contribution in [2.24, 2.45) is 0 Å². The molecule has 0 radical (unpaired) electrons.